The number of esters is 1. The van der Waals surface area contributed by atoms with Crippen molar-refractivity contribution in [3.8, 4) is 17.2 Å². The van der Waals surface area contributed by atoms with Crippen molar-refractivity contribution in [2.24, 2.45) is 4.99 Å². The number of hydrogen-bond acceptors (Lipinski definition) is 8. The van der Waals surface area contributed by atoms with Crippen LogP contribution in [-0.4, -0.2) is 35.5 Å². The normalized spacial score (nSPS) is 15.3. The number of allylic oxidation sites excluding steroid dienone is 1. The second kappa shape index (κ2) is 11.4. The number of phenolic OH excluding ortho intramolecular Hbond substituents is 1. The first-order valence-corrected chi connectivity index (χ1v) is 13.5. The number of thiazole rings is 1. The molecular formula is C27H27BrN2O6S. The Balaban J connectivity index is 1.92. The van der Waals surface area contributed by atoms with Gasteiger partial charge in [0.2, 0.25) is 0 Å². The molecule has 0 aliphatic carbocycles. The molecule has 1 aromatic heterocycles. The van der Waals surface area contributed by atoms with E-state index in [0.717, 1.165) is 5.56 Å². The van der Waals surface area contributed by atoms with Crippen molar-refractivity contribution in [1.82, 2.24) is 4.57 Å². The van der Waals surface area contributed by atoms with Crippen molar-refractivity contribution in [3.63, 3.8) is 0 Å². The minimum Gasteiger partial charge on any atom is -0.504 e. The summed E-state index contributed by atoms with van der Waals surface area (Å²) >= 11 is 4.68. The summed E-state index contributed by atoms with van der Waals surface area (Å²) in [6.07, 6.45) is 1.72. The molecule has 0 amide bonds. The summed E-state index contributed by atoms with van der Waals surface area (Å²) in [5.74, 6) is 0.494. The molecule has 10 heteroatoms. The number of carbonyl (C=O) groups is 1. The number of ether oxygens (including phenoxy) is 3. The lowest BCUT2D eigenvalue weighted by atomic mass is 9.96. The van der Waals surface area contributed by atoms with Crippen LogP contribution in [0.5, 0.6) is 17.2 Å². The molecule has 2 aromatic carbocycles. The van der Waals surface area contributed by atoms with Crippen molar-refractivity contribution in [2.45, 2.75) is 33.7 Å². The van der Waals surface area contributed by atoms with Crippen LogP contribution >= 0.6 is 27.3 Å². The molecule has 1 N–H and O–H groups in total. The fourth-order valence-electron chi connectivity index (χ4n) is 4.10. The first-order chi connectivity index (χ1) is 17.8. The smallest absolute Gasteiger partial charge is 0.338 e. The minimum atomic E-state index is -0.713. The Morgan fingerprint density at radius 3 is 2.49 bits per heavy atom. The van der Waals surface area contributed by atoms with E-state index in [4.69, 9.17) is 14.2 Å². The number of aromatic nitrogens is 1. The molecule has 1 atom stereocenters. The maximum absolute atomic E-state index is 13.8. The molecule has 0 unspecified atom stereocenters. The van der Waals surface area contributed by atoms with Crippen LogP contribution in [-0.2, 0) is 9.53 Å². The summed E-state index contributed by atoms with van der Waals surface area (Å²) in [5, 5.41) is 10.2. The Morgan fingerprint density at radius 2 is 1.84 bits per heavy atom. The number of benzene rings is 2. The number of halogens is 1. The van der Waals surface area contributed by atoms with E-state index in [0.29, 0.717) is 55.4 Å². The summed E-state index contributed by atoms with van der Waals surface area (Å²) in [6.45, 7) is 8.32. The van der Waals surface area contributed by atoms with E-state index < -0.39 is 12.0 Å². The SMILES string of the molecule is CCOC(=O)C1=C(C)N=c2s/c(=C/c3cc(OCC)c(O)cc3Br)c(=O)n2[C@@H]1c1ccc(OCC)cc1. The molecule has 0 fully saturated rings. The predicted octanol–water partition coefficient (Wildman–Crippen LogP) is 4.06. The zero-order valence-corrected chi connectivity index (χ0v) is 23.3. The van der Waals surface area contributed by atoms with Gasteiger partial charge in [-0.05, 0) is 69.2 Å². The monoisotopic (exact) mass is 586 g/mol. The quantitative estimate of drug-likeness (QED) is 0.399. The minimum absolute atomic E-state index is 0.00228. The molecule has 0 bridgehead atoms. The van der Waals surface area contributed by atoms with Gasteiger partial charge in [-0.25, -0.2) is 9.79 Å². The Kier molecular flexibility index (Phi) is 8.19. The van der Waals surface area contributed by atoms with E-state index in [1.54, 1.807) is 26.0 Å². The van der Waals surface area contributed by atoms with Gasteiger partial charge >= 0.3 is 5.97 Å². The van der Waals surface area contributed by atoms with E-state index >= 15 is 0 Å². The Morgan fingerprint density at radius 1 is 1.14 bits per heavy atom. The second-order valence-corrected chi connectivity index (χ2v) is 9.94. The molecule has 0 saturated heterocycles. The predicted molar refractivity (Wildman–Crippen MR) is 145 cm³/mol. The molecular weight excluding hydrogens is 560 g/mol. The van der Waals surface area contributed by atoms with Gasteiger partial charge in [-0.2, -0.15) is 0 Å². The maximum atomic E-state index is 13.8. The van der Waals surface area contributed by atoms with Crippen LogP contribution < -0.4 is 24.4 Å². The van der Waals surface area contributed by atoms with Gasteiger partial charge in [0, 0.05) is 4.47 Å². The van der Waals surface area contributed by atoms with E-state index in [1.807, 2.05) is 38.1 Å². The molecule has 0 saturated carbocycles. The lowest BCUT2D eigenvalue weighted by molar-refractivity contribution is -0.139. The third kappa shape index (κ3) is 5.35. The van der Waals surface area contributed by atoms with E-state index in [9.17, 15) is 14.7 Å². The van der Waals surface area contributed by atoms with Gasteiger partial charge in [0.05, 0.1) is 41.7 Å². The van der Waals surface area contributed by atoms with Crippen LogP contribution in [0.25, 0.3) is 6.08 Å². The summed E-state index contributed by atoms with van der Waals surface area (Å²) < 4.78 is 19.0. The van der Waals surface area contributed by atoms with Gasteiger partial charge in [-0.3, -0.25) is 9.36 Å². The van der Waals surface area contributed by atoms with Gasteiger partial charge in [0.1, 0.15) is 5.75 Å². The molecule has 194 valence electrons. The van der Waals surface area contributed by atoms with Gasteiger partial charge in [0.25, 0.3) is 5.56 Å². The average Bonchev–Trinajstić information content (AvgIpc) is 3.16. The highest BCUT2D eigenvalue weighted by Crippen LogP contribution is 2.34. The standard InChI is InChI=1S/C27H27BrN2O6S/c1-5-34-18-10-8-16(9-11-18)24-23(26(33)36-7-3)15(4)29-27-30(24)25(32)22(37-27)13-17-12-21(35-6-2)20(31)14-19(17)28/h8-14,24,31H,5-7H2,1-4H3/b22-13+/t24-/m1/s1. The lowest BCUT2D eigenvalue weighted by Crippen LogP contribution is -2.39. The number of carbonyl (C=O) groups excluding carboxylic acids is 1. The Bertz CT molecular complexity index is 1540. The van der Waals surface area contributed by atoms with Gasteiger partial charge in [0.15, 0.2) is 16.3 Å². The molecule has 4 rings (SSSR count). The molecule has 8 nitrogen and oxygen atoms in total. The van der Waals surface area contributed by atoms with Gasteiger partial charge in [-0.1, -0.05) is 39.4 Å². The maximum Gasteiger partial charge on any atom is 0.338 e. The van der Waals surface area contributed by atoms with Crippen molar-refractivity contribution < 1.29 is 24.1 Å². The zero-order valence-electron chi connectivity index (χ0n) is 20.9. The molecule has 37 heavy (non-hydrogen) atoms. The van der Waals surface area contributed by atoms with Crippen LogP contribution in [0.2, 0.25) is 0 Å². The third-order valence-electron chi connectivity index (χ3n) is 5.69. The number of rotatable bonds is 8. The number of nitrogens with zero attached hydrogens (tertiary/aromatic N) is 2. The van der Waals surface area contributed by atoms with E-state index in [2.05, 4.69) is 20.9 Å². The van der Waals surface area contributed by atoms with Gasteiger partial charge < -0.3 is 19.3 Å². The number of phenols is 1. The zero-order chi connectivity index (χ0) is 26.7. The largest absolute Gasteiger partial charge is 0.504 e. The van der Waals surface area contributed by atoms with Gasteiger partial charge in [-0.15, -0.1) is 0 Å². The van der Waals surface area contributed by atoms with Crippen LogP contribution in [0.4, 0.5) is 0 Å². The molecule has 0 spiro atoms. The fraction of sp³-hybridized carbons (Fsp3) is 0.296. The molecule has 0 radical (unpaired) electrons. The summed E-state index contributed by atoms with van der Waals surface area (Å²) in [6, 6.07) is 9.80. The first-order valence-electron chi connectivity index (χ1n) is 11.9. The number of hydrogen-bond donors (Lipinski definition) is 1. The number of fused-ring (bicyclic) bond motifs is 1. The van der Waals surface area contributed by atoms with E-state index in [1.165, 1.54) is 22.0 Å². The topological polar surface area (TPSA) is 99.4 Å². The Labute approximate surface area is 226 Å². The average molecular weight is 587 g/mol. The van der Waals surface area contributed by atoms with Crippen LogP contribution in [0.15, 0.2) is 61.9 Å². The lowest BCUT2D eigenvalue weighted by Gasteiger charge is -2.24. The highest BCUT2D eigenvalue weighted by atomic mass is 79.9. The van der Waals surface area contributed by atoms with Crippen molar-refractivity contribution in [1.29, 1.82) is 0 Å². The molecule has 1 aliphatic heterocycles. The number of aromatic hydroxyl groups is 1. The highest BCUT2D eigenvalue weighted by Gasteiger charge is 2.33. The van der Waals surface area contributed by atoms with Crippen LogP contribution in [0.3, 0.4) is 0 Å². The molecule has 3 aromatic rings. The van der Waals surface area contributed by atoms with Crippen LogP contribution in [0, 0.1) is 0 Å². The molecule has 2 heterocycles. The highest BCUT2D eigenvalue weighted by molar-refractivity contribution is 9.10. The van der Waals surface area contributed by atoms with E-state index in [-0.39, 0.29) is 17.9 Å². The molecule has 1 aliphatic rings. The second-order valence-electron chi connectivity index (χ2n) is 8.08. The van der Waals surface area contributed by atoms with Crippen molar-refractivity contribution in [3.05, 3.63) is 83.0 Å². The van der Waals surface area contributed by atoms with Crippen molar-refractivity contribution >= 4 is 39.3 Å². The Hall–Kier alpha value is -3.37. The summed E-state index contributed by atoms with van der Waals surface area (Å²) in [5.41, 5.74) is 1.90. The summed E-state index contributed by atoms with van der Waals surface area (Å²) in [7, 11) is 0. The summed E-state index contributed by atoms with van der Waals surface area (Å²) in [4.78, 5) is 31.9. The third-order valence-corrected chi connectivity index (χ3v) is 7.36. The fourth-order valence-corrected chi connectivity index (χ4v) is 5.58. The first kappa shape index (κ1) is 26.7. The van der Waals surface area contributed by atoms with Crippen molar-refractivity contribution in [2.75, 3.05) is 19.8 Å². The van der Waals surface area contributed by atoms with Crippen LogP contribution in [0.1, 0.15) is 44.9 Å².